The smallest absolute Gasteiger partial charge is 0.253 e. The summed E-state index contributed by atoms with van der Waals surface area (Å²) in [6.07, 6.45) is 2.31. The summed E-state index contributed by atoms with van der Waals surface area (Å²) in [5.74, 6) is -0.0599. The van der Waals surface area contributed by atoms with E-state index in [1.54, 1.807) is 0 Å². The second kappa shape index (κ2) is 8.40. The number of ether oxygens (including phenoxy) is 1. The maximum absolute atomic E-state index is 12.3. The Bertz CT molecular complexity index is 980. The molecule has 1 amide bonds. The number of carbonyl (C=O) groups is 1. The molecule has 1 saturated heterocycles. The fourth-order valence-electron chi connectivity index (χ4n) is 3.52. The normalized spacial score (nSPS) is 16.2. The van der Waals surface area contributed by atoms with E-state index in [2.05, 4.69) is 35.8 Å². The maximum Gasteiger partial charge on any atom is 0.253 e. The lowest BCUT2D eigenvalue weighted by Crippen LogP contribution is -2.26. The van der Waals surface area contributed by atoms with Gasteiger partial charge >= 0.3 is 0 Å². The highest BCUT2D eigenvalue weighted by Gasteiger charge is 2.23. The van der Waals surface area contributed by atoms with Crippen molar-refractivity contribution in [2.45, 2.75) is 38.8 Å². The Hall–Kier alpha value is -2.92. The van der Waals surface area contributed by atoms with E-state index in [1.807, 2.05) is 36.4 Å². The molecule has 0 aliphatic carbocycles. The molecule has 3 aromatic rings. The SMILES string of the molecule is CCc1cc(NCc2cccc(NC(=O)C3CCCO3)c2)c2ccccc2n1. The maximum atomic E-state index is 12.3. The molecule has 5 nitrogen and oxygen atoms in total. The van der Waals surface area contributed by atoms with Crippen molar-refractivity contribution < 1.29 is 9.53 Å². The summed E-state index contributed by atoms with van der Waals surface area (Å²) in [5.41, 5.74) is 5.05. The van der Waals surface area contributed by atoms with Gasteiger partial charge in [0.05, 0.1) is 5.52 Å². The number of para-hydroxylation sites is 1. The van der Waals surface area contributed by atoms with Crippen LogP contribution in [0.25, 0.3) is 10.9 Å². The number of pyridine rings is 1. The van der Waals surface area contributed by atoms with Crippen LogP contribution >= 0.6 is 0 Å². The van der Waals surface area contributed by atoms with E-state index in [0.717, 1.165) is 52.8 Å². The largest absolute Gasteiger partial charge is 0.380 e. The molecule has 0 bridgehead atoms. The highest BCUT2D eigenvalue weighted by Crippen LogP contribution is 2.24. The Balaban J connectivity index is 1.48. The zero-order chi connectivity index (χ0) is 19.3. The second-order valence-electron chi connectivity index (χ2n) is 7.08. The van der Waals surface area contributed by atoms with Gasteiger partial charge in [-0.05, 0) is 49.1 Å². The molecule has 2 N–H and O–H groups in total. The van der Waals surface area contributed by atoms with Crippen molar-refractivity contribution in [1.82, 2.24) is 4.98 Å². The topological polar surface area (TPSA) is 63.2 Å². The molecule has 1 aliphatic heterocycles. The first-order chi connectivity index (χ1) is 13.7. The van der Waals surface area contributed by atoms with Crippen LogP contribution in [0.4, 0.5) is 11.4 Å². The third-order valence-electron chi connectivity index (χ3n) is 5.03. The van der Waals surface area contributed by atoms with Crippen LogP contribution in [-0.4, -0.2) is 23.6 Å². The fourth-order valence-corrected chi connectivity index (χ4v) is 3.52. The first-order valence-corrected chi connectivity index (χ1v) is 9.87. The summed E-state index contributed by atoms with van der Waals surface area (Å²) < 4.78 is 5.45. The molecule has 0 saturated carbocycles. The molecule has 28 heavy (non-hydrogen) atoms. The quantitative estimate of drug-likeness (QED) is 0.665. The average Bonchev–Trinajstić information content (AvgIpc) is 3.27. The summed E-state index contributed by atoms with van der Waals surface area (Å²) in [5, 5.41) is 7.62. The Morgan fingerprint density at radius 1 is 1.18 bits per heavy atom. The molecule has 4 rings (SSSR count). The summed E-state index contributed by atoms with van der Waals surface area (Å²) in [6.45, 7) is 3.45. The first kappa shape index (κ1) is 18.4. The van der Waals surface area contributed by atoms with Crippen LogP contribution < -0.4 is 10.6 Å². The van der Waals surface area contributed by atoms with E-state index >= 15 is 0 Å². The summed E-state index contributed by atoms with van der Waals surface area (Å²) in [4.78, 5) is 17.0. The molecule has 1 unspecified atom stereocenters. The van der Waals surface area contributed by atoms with Crippen LogP contribution in [0.1, 0.15) is 31.0 Å². The molecule has 1 fully saturated rings. The Morgan fingerprint density at radius 3 is 2.89 bits per heavy atom. The molecule has 1 aromatic heterocycles. The van der Waals surface area contributed by atoms with Gasteiger partial charge in [0.15, 0.2) is 0 Å². The number of aromatic nitrogens is 1. The lowest BCUT2D eigenvalue weighted by Gasteiger charge is -2.13. The van der Waals surface area contributed by atoms with Gasteiger partial charge in [0.25, 0.3) is 5.91 Å². The molecule has 0 radical (unpaired) electrons. The van der Waals surface area contributed by atoms with Crippen molar-refractivity contribution >= 4 is 28.2 Å². The van der Waals surface area contributed by atoms with E-state index < -0.39 is 0 Å². The third kappa shape index (κ3) is 4.15. The Morgan fingerprint density at radius 2 is 2.07 bits per heavy atom. The van der Waals surface area contributed by atoms with Crippen LogP contribution in [0.5, 0.6) is 0 Å². The van der Waals surface area contributed by atoms with E-state index in [1.165, 1.54) is 0 Å². The van der Waals surface area contributed by atoms with E-state index in [0.29, 0.717) is 13.2 Å². The standard InChI is InChI=1S/C23H25N3O2/c1-2-17-14-21(19-9-3-4-10-20(19)25-17)24-15-16-7-5-8-18(13-16)26-23(27)22-11-6-12-28-22/h3-5,7-10,13-14,22H,2,6,11-12,15H2,1H3,(H,24,25)(H,26,27). The minimum Gasteiger partial charge on any atom is -0.380 e. The van der Waals surface area contributed by atoms with Gasteiger partial charge in [-0.2, -0.15) is 0 Å². The number of fused-ring (bicyclic) bond motifs is 1. The van der Waals surface area contributed by atoms with Crippen molar-refractivity contribution in [2.75, 3.05) is 17.2 Å². The number of hydrogen-bond donors (Lipinski definition) is 2. The number of nitrogens with one attached hydrogen (secondary N) is 2. The first-order valence-electron chi connectivity index (χ1n) is 9.87. The van der Waals surface area contributed by atoms with Gasteiger partial charge in [-0.1, -0.05) is 37.3 Å². The predicted octanol–water partition coefficient (Wildman–Crippen LogP) is 4.53. The zero-order valence-corrected chi connectivity index (χ0v) is 16.1. The van der Waals surface area contributed by atoms with E-state index in [9.17, 15) is 4.79 Å². The molecule has 5 heteroatoms. The lowest BCUT2D eigenvalue weighted by molar-refractivity contribution is -0.124. The number of rotatable bonds is 6. The summed E-state index contributed by atoms with van der Waals surface area (Å²) >= 11 is 0. The molecule has 144 valence electrons. The Labute approximate surface area is 165 Å². The average molecular weight is 375 g/mol. The number of amides is 1. The monoisotopic (exact) mass is 375 g/mol. The Kier molecular flexibility index (Phi) is 5.53. The van der Waals surface area contributed by atoms with Crippen molar-refractivity contribution in [1.29, 1.82) is 0 Å². The number of carbonyl (C=O) groups excluding carboxylic acids is 1. The molecule has 0 spiro atoms. The molecule has 1 aliphatic rings. The van der Waals surface area contributed by atoms with Gasteiger partial charge in [0, 0.05) is 35.6 Å². The van der Waals surface area contributed by atoms with Gasteiger partial charge in [0.2, 0.25) is 0 Å². The van der Waals surface area contributed by atoms with Crippen LogP contribution in [0.2, 0.25) is 0 Å². The molecular formula is C23H25N3O2. The predicted molar refractivity (Wildman–Crippen MR) is 112 cm³/mol. The summed E-state index contributed by atoms with van der Waals surface area (Å²) in [6, 6.07) is 18.2. The number of anilines is 2. The number of hydrogen-bond acceptors (Lipinski definition) is 4. The van der Waals surface area contributed by atoms with Gasteiger partial charge in [-0.25, -0.2) is 0 Å². The van der Waals surface area contributed by atoms with Crippen molar-refractivity contribution in [3.8, 4) is 0 Å². The van der Waals surface area contributed by atoms with Crippen LogP contribution in [0, 0.1) is 0 Å². The van der Waals surface area contributed by atoms with Gasteiger partial charge in [-0.15, -0.1) is 0 Å². The lowest BCUT2D eigenvalue weighted by atomic mass is 10.1. The van der Waals surface area contributed by atoms with Gasteiger partial charge in [-0.3, -0.25) is 9.78 Å². The number of nitrogens with zero attached hydrogens (tertiary/aromatic N) is 1. The third-order valence-corrected chi connectivity index (χ3v) is 5.03. The van der Waals surface area contributed by atoms with Crippen LogP contribution in [0.3, 0.4) is 0 Å². The molecule has 2 aromatic carbocycles. The van der Waals surface area contributed by atoms with Crippen molar-refractivity contribution in [2.24, 2.45) is 0 Å². The highest BCUT2D eigenvalue weighted by atomic mass is 16.5. The zero-order valence-electron chi connectivity index (χ0n) is 16.1. The highest BCUT2D eigenvalue weighted by molar-refractivity contribution is 5.94. The van der Waals surface area contributed by atoms with E-state index in [4.69, 9.17) is 9.72 Å². The fraction of sp³-hybridized carbons (Fsp3) is 0.304. The number of aryl methyl sites for hydroxylation is 1. The minimum atomic E-state index is -0.322. The van der Waals surface area contributed by atoms with Crippen molar-refractivity contribution in [3.63, 3.8) is 0 Å². The minimum absolute atomic E-state index is 0.0599. The molecular weight excluding hydrogens is 350 g/mol. The van der Waals surface area contributed by atoms with Crippen molar-refractivity contribution in [3.05, 3.63) is 65.9 Å². The van der Waals surface area contributed by atoms with Gasteiger partial charge < -0.3 is 15.4 Å². The van der Waals surface area contributed by atoms with Gasteiger partial charge in [0.1, 0.15) is 6.10 Å². The van der Waals surface area contributed by atoms with Crippen LogP contribution in [0.15, 0.2) is 54.6 Å². The van der Waals surface area contributed by atoms with Crippen LogP contribution in [-0.2, 0) is 22.5 Å². The molecule has 2 heterocycles. The van der Waals surface area contributed by atoms with E-state index in [-0.39, 0.29) is 12.0 Å². The summed E-state index contributed by atoms with van der Waals surface area (Å²) in [7, 11) is 0. The molecule has 1 atom stereocenters. The second-order valence-corrected chi connectivity index (χ2v) is 7.08. The number of benzene rings is 2.